The van der Waals surface area contributed by atoms with Crippen LogP contribution in [-0.4, -0.2) is 96.0 Å². The van der Waals surface area contributed by atoms with Crippen molar-refractivity contribution in [1.29, 1.82) is 0 Å². The Morgan fingerprint density at radius 3 is 2.27 bits per heavy atom. The average Bonchev–Trinajstić information content (AvgIpc) is 4.19. The zero-order valence-electron chi connectivity index (χ0n) is 37.2. The summed E-state index contributed by atoms with van der Waals surface area (Å²) in [6, 6.07) is 25.2. The number of carbonyl (C=O) groups excluding carboxylic acids is 4. The van der Waals surface area contributed by atoms with E-state index >= 15 is 4.79 Å². The van der Waals surface area contributed by atoms with Crippen LogP contribution < -0.4 is 19.5 Å². The Labute approximate surface area is 376 Å². The summed E-state index contributed by atoms with van der Waals surface area (Å²) >= 11 is 0. The van der Waals surface area contributed by atoms with Crippen LogP contribution in [0.15, 0.2) is 97.6 Å². The van der Waals surface area contributed by atoms with Crippen molar-refractivity contribution in [3.63, 3.8) is 0 Å². The maximum atomic E-state index is 15.1. The molecule has 2 saturated carbocycles. The Bertz CT molecular complexity index is 2540. The summed E-state index contributed by atoms with van der Waals surface area (Å²) in [5.41, 5.74) is 0.741. The van der Waals surface area contributed by atoms with Crippen molar-refractivity contribution in [3.05, 3.63) is 103 Å². The smallest absolute Gasteiger partial charge is 0.259 e. The molecule has 4 amide bonds. The number of carbonyl (C=O) groups is 4. The Morgan fingerprint density at radius 1 is 0.953 bits per heavy atom. The zero-order valence-corrected chi connectivity index (χ0v) is 38.0. The molecule has 2 aliphatic carbocycles. The van der Waals surface area contributed by atoms with E-state index in [1.807, 2.05) is 111 Å². The number of ether oxygens (including phenoxy) is 2. The number of pyridine rings is 1. The summed E-state index contributed by atoms with van der Waals surface area (Å²) in [6.45, 7) is 10.9. The van der Waals surface area contributed by atoms with Crippen molar-refractivity contribution in [2.24, 2.45) is 17.3 Å². The lowest BCUT2D eigenvalue weighted by atomic mass is 9.77. The van der Waals surface area contributed by atoms with Crippen LogP contribution in [-0.2, 0) is 35.6 Å². The van der Waals surface area contributed by atoms with E-state index in [0.29, 0.717) is 54.0 Å². The Balaban J connectivity index is 1.10. The fourth-order valence-electron chi connectivity index (χ4n) is 9.43. The van der Waals surface area contributed by atoms with E-state index in [-0.39, 0.29) is 44.0 Å². The van der Waals surface area contributed by atoms with Gasteiger partial charge in [-0.15, -0.1) is 6.58 Å². The molecule has 0 bridgehead atoms. The molecule has 0 spiro atoms. The lowest BCUT2D eigenvalue weighted by molar-refractivity contribution is -0.148. The van der Waals surface area contributed by atoms with Gasteiger partial charge in [0.2, 0.25) is 27.7 Å². The molecule has 2 saturated heterocycles. The van der Waals surface area contributed by atoms with Crippen LogP contribution in [0.2, 0.25) is 0 Å². The zero-order chi connectivity index (χ0) is 45.4. The predicted octanol–water partition coefficient (Wildman–Crippen LogP) is 6.61. The highest BCUT2D eigenvalue weighted by Crippen LogP contribution is 2.49. The first kappa shape index (κ1) is 44.8. The SMILES string of the molecule is C=C[C@@H]1C[C@]1(NC(=O)[C@@H]1C[C@@H](Oc2cc(-c3ccccc3)nc3cc(OC)ccc23)CN1C(=O)[C@@H](CC(=O)N1CCCCC1)C(C)(C)C)C(=O)NS(=O)(=O)C1(Cc2ccccc2)CC1. The van der Waals surface area contributed by atoms with Gasteiger partial charge in [0.25, 0.3) is 5.91 Å². The van der Waals surface area contributed by atoms with Crippen LogP contribution in [0.25, 0.3) is 22.2 Å². The number of aromatic nitrogens is 1. The van der Waals surface area contributed by atoms with Gasteiger partial charge in [0.1, 0.15) is 29.2 Å². The summed E-state index contributed by atoms with van der Waals surface area (Å²) in [5, 5.41) is 3.64. The number of rotatable bonds is 15. The van der Waals surface area contributed by atoms with Gasteiger partial charge in [-0.1, -0.05) is 87.5 Å². The first-order chi connectivity index (χ1) is 30.6. The molecule has 4 aromatic rings. The van der Waals surface area contributed by atoms with Crippen molar-refractivity contribution in [3.8, 4) is 22.8 Å². The predicted molar refractivity (Wildman–Crippen MR) is 245 cm³/mol. The maximum absolute atomic E-state index is 15.1. The molecule has 3 heterocycles. The van der Waals surface area contributed by atoms with Gasteiger partial charge in [0.15, 0.2) is 0 Å². The van der Waals surface area contributed by atoms with E-state index in [9.17, 15) is 22.8 Å². The molecular weight excluding hydrogens is 831 g/mol. The van der Waals surface area contributed by atoms with Gasteiger partial charge >= 0.3 is 0 Å². The molecule has 3 aromatic carbocycles. The molecule has 1 aromatic heterocycles. The quantitative estimate of drug-likeness (QED) is 0.125. The summed E-state index contributed by atoms with van der Waals surface area (Å²) < 4.78 is 41.4. The van der Waals surface area contributed by atoms with Crippen molar-refractivity contribution in [2.45, 2.75) is 101 Å². The second kappa shape index (κ2) is 17.7. The monoisotopic (exact) mass is 889 g/mol. The fraction of sp³-hybridized carbons (Fsp3) is 0.460. The van der Waals surface area contributed by atoms with Gasteiger partial charge in [-0.2, -0.15) is 0 Å². The van der Waals surface area contributed by atoms with Crippen molar-refractivity contribution in [2.75, 3.05) is 26.7 Å². The average molecular weight is 890 g/mol. The molecule has 338 valence electrons. The van der Waals surface area contributed by atoms with Gasteiger partial charge < -0.3 is 24.6 Å². The standard InChI is InChI=1S/C50H59N5O8S/c1-6-35-31-50(35,47(59)53-64(60,61)49(22-23-49)30-33-16-10-7-11-17-33)52-45(57)42-27-37(32-55(42)46(58)39(48(2,3)4)28-44(56)54-24-14-9-15-25-54)63-43-29-40(34-18-12-8-13-19-34)51-41-26-36(62-5)20-21-38(41)43/h6-8,10-13,16-21,26,29,35,37,39,42H,1,9,14-15,22-25,27-28,30-32H2,2-5H3,(H,52,57)(H,53,59)/t35-,37-,39-,42+,50-/m1/s1. The third-order valence-electron chi connectivity index (χ3n) is 13.6. The number of sulfonamides is 1. The Hall–Kier alpha value is -5.76. The van der Waals surface area contributed by atoms with Crippen LogP contribution in [0.4, 0.5) is 0 Å². The third kappa shape index (κ3) is 9.11. The molecule has 4 fully saturated rings. The number of fused-ring (bicyclic) bond motifs is 1. The normalized spacial score (nSPS) is 23.2. The van der Waals surface area contributed by atoms with Crippen molar-refractivity contribution in [1.82, 2.24) is 24.8 Å². The minimum atomic E-state index is -4.16. The van der Waals surface area contributed by atoms with E-state index in [1.54, 1.807) is 13.2 Å². The molecule has 13 nitrogen and oxygen atoms in total. The third-order valence-corrected chi connectivity index (χ3v) is 15.8. The van der Waals surface area contributed by atoms with E-state index in [2.05, 4.69) is 16.6 Å². The minimum Gasteiger partial charge on any atom is -0.497 e. The number of benzene rings is 3. The molecule has 2 aliphatic heterocycles. The highest BCUT2D eigenvalue weighted by atomic mass is 32.2. The van der Waals surface area contributed by atoms with Crippen LogP contribution in [0.5, 0.6) is 11.5 Å². The van der Waals surface area contributed by atoms with E-state index in [0.717, 1.165) is 30.4 Å². The molecule has 4 aliphatic rings. The molecule has 8 rings (SSSR count). The topological polar surface area (TPSA) is 164 Å². The van der Waals surface area contributed by atoms with Gasteiger partial charge in [-0.3, -0.25) is 23.9 Å². The summed E-state index contributed by atoms with van der Waals surface area (Å²) in [5.74, 6) is -2.13. The number of methoxy groups -OCH3 is 1. The molecule has 5 atom stereocenters. The van der Waals surface area contributed by atoms with E-state index < -0.39 is 61.5 Å². The number of nitrogens with one attached hydrogen (secondary N) is 2. The highest BCUT2D eigenvalue weighted by Gasteiger charge is 2.63. The number of likely N-dealkylation sites (tertiary alicyclic amines) is 2. The molecule has 0 unspecified atom stereocenters. The number of amides is 4. The number of nitrogens with zero attached hydrogens (tertiary/aromatic N) is 3. The van der Waals surface area contributed by atoms with Crippen LogP contribution in [0.1, 0.15) is 77.7 Å². The van der Waals surface area contributed by atoms with Gasteiger partial charge in [0.05, 0.1) is 35.5 Å². The largest absolute Gasteiger partial charge is 0.497 e. The van der Waals surface area contributed by atoms with Crippen LogP contribution in [0.3, 0.4) is 0 Å². The maximum Gasteiger partial charge on any atom is 0.259 e. The molecule has 2 N–H and O–H groups in total. The van der Waals surface area contributed by atoms with Crippen LogP contribution >= 0.6 is 0 Å². The van der Waals surface area contributed by atoms with Crippen LogP contribution in [0, 0.1) is 17.3 Å². The van der Waals surface area contributed by atoms with Crippen molar-refractivity contribution < 1.29 is 37.1 Å². The van der Waals surface area contributed by atoms with E-state index in [4.69, 9.17) is 14.5 Å². The number of hydrogen-bond acceptors (Lipinski definition) is 9. The van der Waals surface area contributed by atoms with Gasteiger partial charge in [0, 0.05) is 54.9 Å². The second-order valence-corrected chi connectivity index (χ2v) is 21.2. The summed E-state index contributed by atoms with van der Waals surface area (Å²) in [7, 11) is -2.57. The first-order valence-electron chi connectivity index (χ1n) is 22.4. The Kier molecular flexibility index (Phi) is 12.4. The lowest BCUT2D eigenvalue weighted by Gasteiger charge is -2.36. The summed E-state index contributed by atoms with van der Waals surface area (Å²) in [6.07, 6.45) is 4.95. The highest BCUT2D eigenvalue weighted by molar-refractivity contribution is 7.91. The number of hydrogen-bond donors (Lipinski definition) is 2. The first-order valence-corrected chi connectivity index (χ1v) is 23.9. The number of piperidine rings is 1. The van der Waals surface area contributed by atoms with Gasteiger partial charge in [-0.05, 0) is 68.1 Å². The second-order valence-electron chi connectivity index (χ2n) is 19.1. The molecular formula is C50H59N5O8S. The molecule has 0 radical (unpaired) electrons. The van der Waals surface area contributed by atoms with E-state index in [1.165, 1.54) is 4.90 Å². The van der Waals surface area contributed by atoms with Gasteiger partial charge in [-0.25, -0.2) is 13.4 Å². The fourth-order valence-corrected chi connectivity index (χ4v) is 11.1. The molecule has 14 heteroatoms. The lowest BCUT2D eigenvalue weighted by Crippen LogP contribution is -2.58. The minimum absolute atomic E-state index is 0.0164. The molecule has 64 heavy (non-hydrogen) atoms. The van der Waals surface area contributed by atoms with Crippen molar-refractivity contribution >= 4 is 44.6 Å². The Morgan fingerprint density at radius 2 is 1.64 bits per heavy atom. The summed E-state index contributed by atoms with van der Waals surface area (Å²) in [4.78, 5) is 66.1.